The normalized spacial score (nSPS) is 12.0. The van der Waals surface area contributed by atoms with Gasteiger partial charge in [0.05, 0.1) is 5.69 Å². The molecule has 0 heterocycles. The molecule has 27 heavy (non-hydrogen) atoms. The van der Waals surface area contributed by atoms with E-state index in [0.29, 0.717) is 0 Å². The lowest BCUT2D eigenvalue weighted by Gasteiger charge is -2.15. The summed E-state index contributed by atoms with van der Waals surface area (Å²) >= 11 is 0. The van der Waals surface area contributed by atoms with Gasteiger partial charge in [-0.3, -0.25) is 4.79 Å². The van der Waals surface area contributed by atoms with Crippen LogP contribution < -0.4 is 10.1 Å². The van der Waals surface area contributed by atoms with E-state index in [1.807, 2.05) is 0 Å². The number of hydrogen-bond donors (Lipinski definition) is 1. The average molecular weight is 379 g/mol. The highest BCUT2D eigenvalue weighted by molar-refractivity contribution is 5.97. The molecule has 0 bridgehead atoms. The summed E-state index contributed by atoms with van der Waals surface area (Å²) in [6, 6.07) is 11.4. The Labute approximate surface area is 153 Å². The van der Waals surface area contributed by atoms with E-state index < -0.39 is 30.4 Å². The fourth-order valence-corrected chi connectivity index (χ4v) is 2.04. The monoisotopic (exact) mass is 379 g/mol. The van der Waals surface area contributed by atoms with E-state index in [2.05, 4.69) is 10.1 Å². The van der Waals surface area contributed by atoms with Gasteiger partial charge in [0, 0.05) is 11.6 Å². The Balaban J connectivity index is 1.96. The van der Waals surface area contributed by atoms with Gasteiger partial charge in [-0.1, -0.05) is 30.3 Å². The minimum atomic E-state index is -3.05. The van der Waals surface area contributed by atoms with Gasteiger partial charge in [0.2, 0.25) is 0 Å². The molecule has 0 aliphatic rings. The van der Waals surface area contributed by atoms with Gasteiger partial charge in [0.1, 0.15) is 11.6 Å². The van der Waals surface area contributed by atoms with Crippen LogP contribution in [0.25, 0.3) is 6.08 Å². The molecular weight excluding hydrogens is 363 g/mol. The second-order valence-corrected chi connectivity index (χ2v) is 5.30. The maximum atomic E-state index is 13.5. The molecular formula is C19H16F3NO4. The molecule has 0 aliphatic heterocycles. The van der Waals surface area contributed by atoms with Crippen LogP contribution >= 0.6 is 0 Å². The zero-order chi connectivity index (χ0) is 19.8. The van der Waals surface area contributed by atoms with Crippen LogP contribution in [0.1, 0.15) is 12.5 Å². The van der Waals surface area contributed by atoms with Crippen LogP contribution in [0, 0.1) is 5.82 Å². The molecule has 0 saturated heterocycles. The number of carbonyl (C=O) groups is 2. The molecule has 1 N–H and O–H groups in total. The Bertz CT molecular complexity index is 839. The summed E-state index contributed by atoms with van der Waals surface area (Å²) in [7, 11) is 0. The molecule has 2 aromatic carbocycles. The maximum Gasteiger partial charge on any atom is 0.387 e. The molecule has 0 aromatic heterocycles. The van der Waals surface area contributed by atoms with Gasteiger partial charge < -0.3 is 14.8 Å². The molecule has 142 valence electrons. The van der Waals surface area contributed by atoms with E-state index in [9.17, 15) is 22.8 Å². The van der Waals surface area contributed by atoms with Crippen LogP contribution in [0.3, 0.4) is 0 Å². The highest BCUT2D eigenvalue weighted by Gasteiger charge is 2.19. The van der Waals surface area contributed by atoms with E-state index in [1.165, 1.54) is 55.5 Å². The van der Waals surface area contributed by atoms with E-state index in [1.54, 1.807) is 6.07 Å². The van der Waals surface area contributed by atoms with E-state index in [-0.39, 0.29) is 17.0 Å². The molecule has 1 amide bonds. The molecule has 0 radical (unpaired) electrons. The number of hydrogen-bond acceptors (Lipinski definition) is 4. The number of para-hydroxylation sites is 2. The lowest BCUT2D eigenvalue weighted by atomic mass is 10.2. The van der Waals surface area contributed by atoms with Crippen molar-refractivity contribution in [2.45, 2.75) is 19.6 Å². The van der Waals surface area contributed by atoms with Crippen molar-refractivity contribution in [3.05, 3.63) is 66.0 Å². The average Bonchev–Trinajstić information content (AvgIpc) is 2.62. The zero-order valence-electron chi connectivity index (χ0n) is 14.2. The molecule has 1 atom stereocenters. The fraction of sp³-hybridized carbons (Fsp3) is 0.158. The van der Waals surface area contributed by atoms with Gasteiger partial charge in [-0.15, -0.1) is 0 Å². The number of alkyl halides is 2. The quantitative estimate of drug-likeness (QED) is 0.583. The van der Waals surface area contributed by atoms with Crippen molar-refractivity contribution in [2.75, 3.05) is 5.32 Å². The highest BCUT2D eigenvalue weighted by atomic mass is 19.3. The molecule has 0 fully saturated rings. The smallest absolute Gasteiger partial charge is 0.387 e. The standard InChI is InChI=1S/C19H16F3NO4/c1-12(26-17(24)11-10-13-6-2-3-7-14(13)20)18(25)23-15-8-4-5-9-16(15)27-19(21)22/h2-12,19H,1H3,(H,23,25)/b11-10+. The number of halogens is 3. The SMILES string of the molecule is CC(OC(=O)/C=C/c1ccccc1F)C(=O)Nc1ccccc1OC(F)F. The van der Waals surface area contributed by atoms with E-state index >= 15 is 0 Å². The molecule has 0 saturated carbocycles. The third-order valence-electron chi connectivity index (χ3n) is 3.33. The van der Waals surface area contributed by atoms with Crippen molar-refractivity contribution in [1.29, 1.82) is 0 Å². The van der Waals surface area contributed by atoms with Crippen LogP contribution in [0.4, 0.5) is 18.9 Å². The molecule has 2 rings (SSSR count). The van der Waals surface area contributed by atoms with Gasteiger partial charge in [0.25, 0.3) is 5.91 Å². The second kappa shape index (κ2) is 9.42. The minimum absolute atomic E-state index is 0.00703. The van der Waals surface area contributed by atoms with Crippen LogP contribution in [0.2, 0.25) is 0 Å². The number of ether oxygens (including phenoxy) is 2. The first-order valence-corrected chi connectivity index (χ1v) is 7.84. The third kappa shape index (κ3) is 6.18. The van der Waals surface area contributed by atoms with Gasteiger partial charge >= 0.3 is 12.6 Å². The molecule has 0 spiro atoms. The fourth-order valence-electron chi connectivity index (χ4n) is 2.04. The first kappa shape index (κ1) is 20.0. The molecule has 8 heteroatoms. The number of carbonyl (C=O) groups excluding carboxylic acids is 2. The highest BCUT2D eigenvalue weighted by Crippen LogP contribution is 2.25. The summed E-state index contributed by atoms with van der Waals surface area (Å²) < 4.78 is 47.5. The lowest BCUT2D eigenvalue weighted by Crippen LogP contribution is -2.29. The number of amides is 1. The van der Waals surface area contributed by atoms with Gasteiger partial charge in [0.15, 0.2) is 6.10 Å². The number of anilines is 1. The van der Waals surface area contributed by atoms with Crippen molar-refractivity contribution in [3.63, 3.8) is 0 Å². The zero-order valence-corrected chi connectivity index (χ0v) is 14.2. The minimum Gasteiger partial charge on any atom is -0.449 e. The Morgan fingerprint density at radius 2 is 1.74 bits per heavy atom. The number of nitrogens with one attached hydrogen (secondary N) is 1. The number of rotatable bonds is 7. The summed E-state index contributed by atoms with van der Waals surface area (Å²) in [6.07, 6.45) is 0.979. The molecule has 1 unspecified atom stereocenters. The largest absolute Gasteiger partial charge is 0.449 e. The van der Waals surface area contributed by atoms with Gasteiger partial charge in [-0.25, -0.2) is 9.18 Å². The Kier molecular flexibility index (Phi) is 6.99. The second-order valence-electron chi connectivity index (χ2n) is 5.30. The van der Waals surface area contributed by atoms with Crippen LogP contribution in [-0.2, 0) is 14.3 Å². The van der Waals surface area contributed by atoms with Gasteiger partial charge in [-0.05, 0) is 31.2 Å². The Morgan fingerprint density at radius 1 is 1.07 bits per heavy atom. The molecule has 5 nitrogen and oxygen atoms in total. The first-order chi connectivity index (χ1) is 12.9. The van der Waals surface area contributed by atoms with Crippen LogP contribution in [-0.4, -0.2) is 24.6 Å². The summed E-state index contributed by atoms with van der Waals surface area (Å²) in [5.41, 5.74) is 0.192. The van der Waals surface area contributed by atoms with E-state index in [0.717, 1.165) is 6.08 Å². The predicted molar refractivity (Wildman–Crippen MR) is 92.7 cm³/mol. The Hall–Kier alpha value is -3.29. The first-order valence-electron chi connectivity index (χ1n) is 7.84. The Morgan fingerprint density at radius 3 is 2.44 bits per heavy atom. The molecule has 0 aliphatic carbocycles. The summed E-state index contributed by atoms with van der Waals surface area (Å²) in [6.45, 7) is -1.75. The summed E-state index contributed by atoms with van der Waals surface area (Å²) in [4.78, 5) is 23.9. The van der Waals surface area contributed by atoms with Crippen LogP contribution in [0.5, 0.6) is 5.75 Å². The van der Waals surface area contributed by atoms with Crippen molar-refractivity contribution in [3.8, 4) is 5.75 Å². The lowest BCUT2D eigenvalue weighted by molar-refractivity contribution is -0.148. The van der Waals surface area contributed by atoms with Crippen molar-refractivity contribution < 1.29 is 32.2 Å². The van der Waals surface area contributed by atoms with Crippen molar-refractivity contribution in [2.24, 2.45) is 0 Å². The van der Waals surface area contributed by atoms with Crippen LogP contribution in [0.15, 0.2) is 54.6 Å². The maximum absolute atomic E-state index is 13.5. The summed E-state index contributed by atoms with van der Waals surface area (Å²) in [5.74, 6) is -2.34. The summed E-state index contributed by atoms with van der Waals surface area (Å²) in [5, 5.41) is 2.35. The predicted octanol–water partition coefficient (Wildman–Crippen LogP) is 4.01. The topological polar surface area (TPSA) is 64.6 Å². The van der Waals surface area contributed by atoms with E-state index in [4.69, 9.17) is 4.74 Å². The van der Waals surface area contributed by atoms with Crippen molar-refractivity contribution in [1.82, 2.24) is 0 Å². The number of esters is 1. The third-order valence-corrected chi connectivity index (χ3v) is 3.33. The molecule has 2 aromatic rings. The number of benzene rings is 2. The van der Waals surface area contributed by atoms with Crippen molar-refractivity contribution >= 4 is 23.6 Å². The van der Waals surface area contributed by atoms with Gasteiger partial charge in [-0.2, -0.15) is 8.78 Å².